The van der Waals surface area contributed by atoms with Crippen molar-refractivity contribution < 1.29 is 9.72 Å². The van der Waals surface area contributed by atoms with Gasteiger partial charge in [-0.2, -0.15) is 0 Å². The van der Waals surface area contributed by atoms with Crippen molar-refractivity contribution in [2.24, 2.45) is 0 Å². The minimum absolute atomic E-state index is 0.106. The van der Waals surface area contributed by atoms with Crippen molar-refractivity contribution in [2.75, 3.05) is 5.32 Å². The Morgan fingerprint density at radius 3 is 2.68 bits per heavy atom. The Morgan fingerprint density at radius 2 is 2.00 bits per heavy atom. The molecule has 2 aromatic heterocycles. The van der Waals surface area contributed by atoms with Crippen molar-refractivity contribution in [3.05, 3.63) is 70.1 Å². The molecule has 0 unspecified atom stereocenters. The van der Waals surface area contributed by atoms with Crippen molar-refractivity contribution in [3.63, 3.8) is 0 Å². The molecule has 0 aliphatic rings. The lowest BCUT2D eigenvalue weighted by Gasteiger charge is -2.08. The summed E-state index contributed by atoms with van der Waals surface area (Å²) in [6.07, 6.45) is 4.70. The molecule has 0 saturated heterocycles. The minimum atomic E-state index is -0.517. The van der Waals surface area contributed by atoms with Crippen LogP contribution in [0.4, 0.5) is 11.5 Å². The Hall–Kier alpha value is -3.62. The first-order valence-corrected chi connectivity index (χ1v) is 7.34. The first kappa shape index (κ1) is 16.2. The number of hydrogen-bond acceptors (Lipinski definition) is 6. The minimum Gasteiger partial charge on any atom is -0.306 e. The van der Waals surface area contributed by atoms with Crippen LogP contribution >= 0.6 is 0 Å². The van der Waals surface area contributed by atoms with Crippen LogP contribution in [0, 0.1) is 24.0 Å². The second-order valence-electron chi connectivity index (χ2n) is 5.32. The van der Waals surface area contributed by atoms with Gasteiger partial charge in [0.05, 0.1) is 4.92 Å². The van der Waals surface area contributed by atoms with Crippen LogP contribution in [0.25, 0.3) is 5.82 Å². The molecule has 2 heterocycles. The molecule has 25 heavy (non-hydrogen) atoms. The monoisotopic (exact) mass is 338 g/mol. The molecule has 0 aliphatic heterocycles. The third kappa shape index (κ3) is 3.34. The topological polar surface area (TPSA) is 116 Å². The molecule has 0 saturated carbocycles. The Labute approximate surface area is 142 Å². The highest BCUT2D eigenvalue weighted by atomic mass is 16.6. The van der Waals surface area contributed by atoms with Crippen LogP contribution < -0.4 is 5.32 Å². The van der Waals surface area contributed by atoms with E-state index in [0.29, 0.717) is 11.4 Å². The third-order valence-corrected chi connectivity index (χ3v) is 3.63. The van der Waals surface area contributed by atoms with E-state index in [1.807, 2.05) is 6.92 Å². The number of benzene rings is 1. The van der Waals surface area contributed by atoms with Gasteiger partial charge in [-0.05, 0) is 19.9 Å². The van der Waals surface area contributed by atoms with E-state index in [4.69, 9.17) is 0 Å². The van der Waals surface area contributed by atoms with Crippen LogP contribution in [0.1, 0.15) is 21.7 Å². The summed E-state index contributed by atoms with van der Waals surface area (Å²) in [5.74, 6) is 1.08. The highest BCUT2D eigenvalue weighted by Crippen LogP contribution is 2.20. The molecule has 9 nitrogen and oxygen atoms in total. The number of imidazole rings is 1. The van der Waals surface area contributed by atoms with Crippen LogP contribution in [0.3, 0.4) is 0 Å². The summed E-state index contributed by atoms with van der Waals surface area (Å²) < 4.78 is 1.74. The Bertz CT molecular complexity index is 966. The van der Waals surface area contributed by atoms with Gasteiger partial charge in [-0.25, -0.2) is 15.0 Å². The number of amides is 1. The smallest absolute Gasteiger partial charge is 0.273 e. The second-order valence-corrected chi connectivity index (χ2v) is 5.32. The predicted molar refractivity (Wildman–Crippen MR) is 89.7 cm³/mol. The van der Waals surface area contributed by atoms with Crippen molar-refractivity contribution in [2.45, 2.75) is 13.8 Å². The number of aryl methyl sites for hydroxylation is 2. The molecule has 0 atom stereocenters. The molecule has 9 heteroatoms. The van der Waals surface area contributed by atoms with E-state index in [0.717, 1.165) is 5.82 Å². The standard InChI is InChI=1S/C16H14N6O3/c1-10-3-4-12(7-13(10)22(24)25)16(23)20-14-8-15(19-9-18-14)21-6-5-17-11(21)2/h3-9H,1-2H3,(H,18,19,20,23). The highest BCUT2D eigenvalue weighted by Gasteiger charge is 2.15. The molecule has 3 rings (SSSR count). The fraction of sp³-hybridized carbons (Fsp3) is 0.125. The number of anilines is 1. The summed E-state index contributed by atoms with van der Waals surface area (Å²) in [4.78, 5) is 35.1. The molecule has 0 spiro atoms. The van der Waals surface area contributed by atoms with E-state index >= 15 is 0 Å². The lowest BCUT2D eigenvalue weighted by Crippen LogP contribution is -2.14. The van der Waals surface area contributed by atoms with Gasteiger partial charge in [-0.3, -0.25) is 19.5 Å². The number of nitrogens with zero attached hydrogens (tertiary/aromatic N) is 5. The maximum Gasteiger partial charge on any atom is 0.273 e. The van der Waals surface area contributed by atoms with Crippen LogP contribution in [0.2, 0.25) is 0 Å². The number of carbonyl (C=O) groups is 1. The van der Waals surface area contributed by atoms with E-state index in [1.165, 1.54) is 24.5 Å². The Kier molecular flexibility index (Phi) is 4.21. The first-order chi connectivity index (χ1) is 12.0. The van der Waals surface area contributed by atoms with E-state index in [-0.39, 0.29) is 17.1 Å². The Balaban J connectivity index is 1.86. The molecule has 0 bridgehead atoms. The normalized spacial score (nSPS) is 10.5. The van der Waals surface area contributed by atoms with Gasteiger partial charge >= 0.3 is 0 Å². The molecule has 1 N–H and O–H groups in total. The molecule has 0 fully saturated rings. The van der Waals surface area contributed by atoms with Gasteiger partial charge in [0, 0.05) is 35.7 Å². The molecule has 1 amide bonds. The molecule has 0 radical (unpaired) electrons. The average molecular weight is 338 g/mol. The van der Waals surface area contributed by atoms with E-state index < -0.39 is 10.8 Å². The zero-order valence-corrected chi connectivity index (χ0v) is 13.5. The SMILES string of the molecule is Cc1ccc(C(=O)Nc2cc(-n3ccnc3C)ncn2)cc1[N+](=O)[O-]. The van der Waals surface area contributed by atoms with Gasteiger partial charge in [-0.1, -0.05) is 6.07 Å². The van der Waals surface area contributed by atoms with Crippen LogP contribution in [0.5, 0.6) is 0 Å². The summed E-state index contributed by atoms with van der Waals surface area (Å²) in [7, 11) is 0. The highest BCUT2D eigenvalue weighted by molar-refractivity contribution is 6.04. The number of nitro groups is 1. The van der Waals surface area contributed by atoms with Crippen molar-refractivity contribution in [1.82, 2.24) is 19.5 Å². The number of hydrogen-bond donors (Lipinski definition) is 1. The van der Waals surface area contributed by atoms with E-state index in [9.17, 15) is 14.9 Å². The number of carbonyl (C=O) groups excluding carboxylic acids is 1. The van der Waals surface area contributed by atoms with Gasteiger partial charge in [0.1, 0.15) is 23.8 Å². The summed E-state index contributed by atoms with van der Waals surface area (Å²) in [6.45, 7) is 3.44. The van der Waals surface area contributed by atoms with E-state index in [2.05, 4.69) is 20.3 Å². The second kappa shape index (κ2) is 6.48. The number of nitro benzene ring substituents is 1. The zero-order valence-electron chi connectivity index (χ0n) is 13.5. The van der Waals surface area contributed by atoms with Gasteiger partial charge in [0.15, 0.2) is 0 Å². The molecule has 0 aliphatic carbocycles. The number of aromatic nitrogens is 4. The van der Waals surface area contributed by atoms with Gasteiger partial charge in [0.25, 0.3) is 11.6 Å². The summed E-state index contributed by atoms with van der Waals surface area (Å²) in [5.41, 5.74) is 0.558. The maximum absolute atomic E-state index is 12.4. The summed E-state index contributed by atoms with van der Waals surface area (Å²) >= 11 is 0. The zero-order chi connectivity index (χ0) is 18.0. The van der Waals surface area contributed by atoms with Crippen LogP contribution in [0.15, 0.2) is 43.0 Å². The van der Waals surface area contributed by atoms with Gasteiger partial charge in [-0.15, -0.1) is 0 Å². The van der Waals surface area contributed by atoms with E-state index in [1.54, 1.807) is 30.0 Å². The van der Waals surface area contributed by atoms with Gasteiger partial charge < -0.3 is 5.32 Å². The summed E-state index contributed by atoms with van der Waals surface area (Å²) in [5, 5.41) is 13.6. The predicted octanol–water partition coefficient (Wildman–Crippen LogP) is 2.44. The van der Waals surface area contributed by atoms with Crippen LogP contribution in [-0.4, -0.2) is 30.3 Å². The average Bonchev–Trinajstić information content (AvgIpc) is 3.01. The van der Waals surface area contributed by atoms with Crippen molar-refractivity contribution in [1.29, 1.82) is 0 Å². The third-order valence-electron chi connectivity index (χ3n) is 3.63. The molecule has 3 aromatic rings. The maximum atomic E-state index is 12.4. The van der Waals surface area contributed by atoms with Gasteiger partial charge in [0.2, 0.25) is 0 Å². The number of rotatable bonds is 4. The van der Waals surface area contributed by atoms with Crippen LogP contribution in [-0.2, 0) is 0 Å². The molecule has 1 aromatic carbocycles. The quantitative estimate of drug-likeness (QED) is 0.577. The van der Waals surface area contributed by atoms with Crippen molar-refractivity contribution in [3.8, 4) is 5.82 Å². The fourth-order valence-electron chi connectivity index (χ4n) is 2.30. The lowest BCUT2D eigenvalue weighted by atomic mass is 10.1. The Morgan fingerprint density at radius 1 is 1.20 bits per heavy atom. The largest absolute Gasteiger partial charge is 0.306 e. The first-order valence-electron chi connectivity index (χ1n) is 7.34. The fourth-order valence-corrected chi connectivity index (χ4v) is 2.30. The number of nitrogens with one attached hydrogen (secondary N) is 1. The molecule has 126 valence electrons. The lowest BCUT2D eigenvalue weighted by molar-refractivity contribution is -0.385. The molecular formula is C16H14N6O3. The molecular weight excluding hydrogens is 324 g/mol. The van der Waals surface area contributed by atoms with Crippen molar-refractivity contribution >= 4 is 17.4 Å². The summed E-state index contributed by atoms with van der Waals surface area (Å²) in [6, 6.07) is 5.90.